The normalized spacial score (nSPS) is 14.0. The number of rotatable bonds is 9. The van der Waals surface area contributed by atoms with Crippen LogP contribution in [0.15, 0.2) is 48.5 Å². The number of hydrogen-bond donors (Lipinski definition) is 2. The molecular weight excluding hydrogens is 382 g/mol. The molecule has 0 aliphatic carbocycles. The molecule has 3 rings (SSSR count). The summed E-state index contributed by atoms with van der Waals surface area (Å²) in [5, 5.41) is 5.77. The van der Waals surface area contributed by atoms with E-state index in [-0.39, 0.29) is 23.3 Å². The zero-order valence-corrected chi connectivity index (χ0v) is 17.8. The van der Waals surface area contributed by atoms with Crippen LogP contribution in [0.3, 0.4) is 0 Å². The Kier molecular flexibility index (Phi) is 8.14. The predicted octanol–water partition coefficient (Wildman–Crippen LogP) is 3.58. The highest BCUT2D eigenvalue weighted by molar-refractivity contribution is 8.00. The van der Waals surface area contributed by atoms with E-state index >= 15 is 0 Å². The fourth-order valence-corrected chi connectivity index (χ4v) is 4.02. The molecule has 1 aliphatic rings. The van der Waals surface area contributed by atoms with Crippen LogP contribution in [0, 0.1) is 6.92 Å². The van der Waals surface area contributed by atoms with Crippen molar-refractivity contribution in [1.82, 2.24) is 10.2 Å². The van der Waals surface area contributed by atoms with E-state index in [9.17, 15) is 9.59 Å². The first-order valence-electron chi connectivity index (χ1n) is 10.1. The first-order valence-corrected chi connectivity index (χ1v) is 11.2. The maximum atomic E-state index is 12.0. The summed E-state index contributed by atoms with van der Waals surface area (Å²) < 4.78 is 0. The number of carbonyl (C=O) groups excluding carboxylic acids is 2. The summed E-state index contributed by atoms with van der Waals surface area (Å²) in [4.78, 5) is 26.5. The zero-order chi connectivity index (χ0) is 20.5. The van der Waals surface area contributed by atoms with E-state index in [1.54, 1.807) is 0 Å². The van der Waals surface area contributed by atoms with Crippen LogP contribution >= 0.6 is 11.8 Å². The highest BCUT2D eigenvalue weighted by atomic mass is 32.2. The molecular formula is C23H29N3O2S. The van der Waals surface area contributed by atoms with Gasteiger partial charge in [-0.05, 0) is 61.7 Å². The lowest BCUT2D eigenvalue weighted by Gasteiger charge is -2.14. The van der Waals surface area contributed by atoms with Crippen molar-refractivity contribution in [3.63, 3.8) is 0 Å². The van der Waals surface area contributed by atoms with Crippen LogP contribution in [0.5, 0.6) is 0 Å². The minimum Gasteiger partial charge on any atom is -0.351 e. The number of nitrogens with one attached hydrogen (secondary N) is 2. The minimum atomic E-state index is -0.0954. The summed E-state index contributed by atoms with van der Waals surface area (Å²) in [6.07, 6.45) is 2.60. The molecule has 2 aromatic carbocycles. The third-order valence-corrected chi connectivity index (χ3v) is 5.82. The number of likely N-dealkylation sites (tertiary alicyclic amines) is 1. The number of benzene rings is 2. The van der Waals surface area contributed by atoms with Crippen molar-refractivity contribution < 1.29 is 9.59 Å². The lowest BCUT2D eigenvalue weighted by molar-refractivity contribution is -0.118. The quantitative estimate of drug-likeness (QED) is 0.662. The van der Waals surface area contributed by atoms with Crippen molar-refractivity contribution in [2.45, 2.75) is 32.9 Å². The Labute approximate surface area is 177 Å². The topological polar surface area (TPSA) is 61.4 Å². The van der Waals surface area contributed by atoms with Crippen molar-refractivity contribution in [2.24, 2.45) is 0 Å². The number of amides is 2. The molecule has 0 unspecified atom stereocenters. The fourth-order valence-electron chi connectivity index (χ4n) is 3.37. The molecule has 0 atom stereocenters. The molecule has 2 aromatic rings. The molecule has 5 nitrogen and oxygen atoms in total. The third kappa shape index (κ3) is 7.55. The number of hydrogen-bond acceptors (Lipinski definition) is 4. The summed E-state index contributed by atoms with van der Waals surface area (Å²) in [7, 11) is 0. The summed E-state index contributed by atoms with van der Waals surface area (Å²) in [6.45, 7) is 5.89. The molecule has 0 bridgehead atoms. The molecule has 2 amide bonds. The molecule has 0 radical (unpaired) electrons. The summed E-state index contributed by atoms with van der Waals surface area (Å²) >= 11 is 1.32. The molecule has 1 fully saturated rings. The van der Waals surface area contributed by atoms with E-state index < -0.39 is 0 Å². The van der Waals surface area contributed by atoms with E-state index in [0.717, 1.165) is 23.4 Å². The van der Waals surface area contributed by atoms with Gasteiger partial charge in [-0.1, -0.05) is 36.4 Å². The molecule has 1 heterocycles. The van der Waals surface area contributed by atoms with Gasteiger partial charge in [0.15, 0.2) is 0 Å². The minimum absolute atomic E-state index is 0.0560. The van der Waals surface area contributed by atoms with Gasteiger partial charge in [0.1, 0.15) is 0 Å². The first kappa shape index (κ1) is 21.4. The van der Waals surface area contributed by atoms with Crippen molar-refractivity contribution in [3.05, 3.63) is 65.2 Å². The fraction of sp³-hybridized carbons (Fsp3) is 0.391. The molecule has 0 spiro atoms. The van der Waals surface area contributed by atoms with Gasteiger partial charge in [-0.15, -0.1) is 11.8 Å². The molecule has 0 saturated carbocycles. The average Bonchev–Trinajstić information content (AvgIpc) is 3.20. The summed E-state index contributed by atoms with van der Waals surface area (Å²) in [5.41, 5.74) is 4.29. The number of thioether (sulfide) groups is 1. The first-order chi connectivity index (χ1) is 14.1. The van der Waals surface area contributed by atoms with Crippen molar-refractivity contribution in [1.29, 1.82) is 0 Å². The van der Waals surface area contributed by atoms with Crippen molar-refractivity contribution in [3.8, 4) is 0 Å². The van der Waals surface area contributed by atoms with Gasteiger partial charge in [0.25, 0.3) is 0 Å². The van der Waals surface area contributed by atoms with E-state index in [1.807, 2.05) is 31.2 Å². The van der Waals surface area contributed by atoms with Crippen LogP contribution in [0.1, 0.15) is 29.5 Å². The van der Waals surface area contributed by atoms with Crippen LogP contribution in [0.4, 0.5) is 5.69 Å². The Bertz CT molecular complexity index is 817. The van der Waals surface area contributed by atoms with E-state index in [0.29, 0.717) is 6.54 Å². The second kappa shape index (κ2) is 11.0. The van der Waals surface area contributed by atoms with Gasteiger partial charge in [-0.25, -0.2) is 0 Å². The molecule has 2 N–H and O–H groups in total. The Morgan fingerprint density at radius 2 is 1.66 bits per heavy atom. The third-order valence-electron chi connectivity index (χ3n) is 4.89. The van der Waals surface area contributed by atoms with Crippen LogP contribution in [0.2, 0.25) is 0 Å². The number of nitrogens with zero attached hydrogens (tertiary/aromatic N) is 1. The number of aryl methyl sites for hydroxylation is 1. The molecule has 154 valence electrons. The smallest absolute Gasteiger partial charge is 0.234 e. The van der Waals surface area contributed by atoms with Crippen LogP contribution in [-0.4, -0.2) is 41.3 Å². The van der Waals surface area contributed by atoms with Gasteiger partial charge in [0.2, 0.25) is 11.8 Å². The second-order valence-electron chi connectivity index (χ2n) is 7.49. The van der Waals surface area contributed by atoms with Crippen LogP contribution in [0.25, 0.3) is 0 Å². The largest absolute Gasteiger partial charge is 0.351 e. The van der Waals surface area contributed by atoms with Gasteiger partial charge in [-0.3, -0.25) is 14.5 Å². The lowest BCUT2D eigenvalue weighted by Crippen LogP contribution is -2.25. The Hall–Kier alpha value is -2.31. The highest BCUT2D eigenvalue weighted by Gasteiger charge is 2.11. The number of anilines is 1. The maximum Gasteiger partial charge on any atom is 0.234 e. The maximum absolute atomic E-state index is 12.0. The SMILES string of the molecule is Cc1cccc(NC(=O)CSCC(=O)NCc2ccc(CN3CCCC3)cc2)c1. The molecule has 1 saturated heterocycles. The standard InChI is InChI=1S/C23H29N3O2S/c1-18-5-4-6-21(13-18)25-23(28)17-29-16-22(27)24-14-19-7-9-20(10-8-19)15-26-11-2-3-12-26/h4-10,13H,2-3,11-12,14-17H2,1H3,(H,24,27)(H,25,28). The van der Waals surface area contributed by atoms with Gasteiger partial charge < -0.3 is 10.6 Å². The summed E-state index contributed by atoms with van der Waals surface area (Å²) in [6, 6.07) is 16.1. The van der Waals surface area contributed by atoms with E-state index in [1.165, 1.54) is 43.3 Å². The van der Waals surface area contributed by atoms with Gasteiger partial charge in [-0.2, -0.15) is 0 Å². The Morgan fingerprint density at radius 1 is 0.966 bits per heavy atom. The van der Waals surface area contributed by atoms with Crippen LogP contribution in [-0.2, 0) is 22.7 Å². The van der Waals surface area contributed by atoms with E-state index in [4.69, 9.17) is 0 Å². The molecule has 29 heavy (non-hydrogen) atoms. The second-order valence-corrected chi connectivity index (χ2v) is 8.47. The van der Waals surface area contributed by atoms with Crippen LogP contribution < -0.4 is 10.6 Å². The molecule has 0 aromatic heterocycles. The predicted molar refractivity (Wildman–Crippen MR) is 120 cm³/mol. The Balaban J connectivity index is 1.31. The van der Waals surface area contributed by atoms with Gasteiger partial charge >= 0.3 is 0 Å². The van der Waals surface area contributed by atoms with Crippen molar-refractivity contribution >= 4 is 29.3 Å². The van der Waals surface area contributed by atoms with Crippen molar-refractivity contribution in [2.75, 3.05) is 29.9 Å². The van der Waals surface area contributed by atoms with Gasteiger partial charge in [0.05, 0.1) is 11.5 Å². The lowest BCUT2D eigenvalue weighted by atomic mass is 10.1. The Morgan fingerprint density at radius 3 is 2.38 bits per heavy atom. The zero-order valence-electron chi connectivity index (χ0n) is 16.9. The molecule has 1 aliphatic heterocycles. The monoisotopic (exact) mass is 411 g/mol. The average molecular weight is 412 g/mol. The molecule has 6 heteroatoms. The van der Waals surface area contributed by atoms with Gasteiger partial charge in [0, 0.05) is 18.8 Å². The highest BCUT2D eigenvalue weighted by Crippen LogP contribution is 2.14. The summed E-state index contributed by atoms with van der Waals surface area (Å²) in [5.74, 6) is 0.377. The number of carbonyl (C=O) groups is 2. The van der Waals surface area contributed by atoms with E-state index in [2.05, 4.69) is 39.8 Å².